The van der Waals surface area contributed by atoms with E-state index in [0.717, 1.165) is 6.07 Å². The SMILES string of the molecule is O=C(O)c1c(C(F)(F)F)ccc(-c2cccc(Cl)c2)c1-c1ccc2[nH]ncc2c1. The molecular weight excluding hydrogens is 405 g/mol. The average Bonchev–Trinajstić information content (AvgIpc) is 3.13. The molecule has 2 N–H and O–H groups in total. The number of aromatic carboxylic acids is 1. The van der Waals surface area contributed by atoms with Gasteiger partial charge < -0.3 is 5.11 Å². The summed E-state index contributed by atoms with van der Waals surface area (Å²) in [4.78, 5) is 12.0. The number of benzene rings is 3. The fourth-order valence-electron chi connectivity index (χ4n) is 3.36. The van der Waals surface area contributed by atoms with Crippen molar-refractivity contribution in [3.8, 4) is 22.3 Å². The van der Waals surface area contributed by atoms with Crippen LogP contribution in [0.3, 0.4) is 0 Å². The van der Waals surface area contributed by atoms with Gasteiger partial charge in [0.05, 0.1) is 22.8 Å². The molecule has 4 aromatic rings. The topological polar surface area (TPSA) is 66.0 Å². The quantitative estimate of drug-likeness (QED) is 0.414. The number of hydrogen-bond acceptors (Lipinski definition) is 2. The molecule has 0 radical (unpaired) electrons. The number of carboxylic acids is 1. The van der Waals surface area contributed by atoms with Crippen LogP contribution in [0.5, 0.6) is 0 Å². The van der Waals surface area contributed by atoms with Gasteiger partial charge in [0.25, 0.3) is 0 Å². The number of carbonyl (C=O) groups is 1. The third-order valence-electron chi connectivity index (χ3n) is 4.59. The van der Waals surface area contributed by atoms with Gasteiger partial charge in [-0.15, -0.1) is 0 Å². The van der Waals surface area contributed by atoms with E-state index in [1.807, 2.05) is 0 Å². The molecule has 4 nitrogen and oxygen atoms in total. The summed E-state index contributed by atoms with van der Waals surface area (Å²) in [6, 6.07) is 13.4. The molecule has 0 fully saturated rings. The van der Waals surface area contributed by atoms with Gasteiger partial charge in [-0.2, -0.15) is 18.3 Å². The van der Waals surface area contributed by atoms with Crippen LogP contribution in [0.1, 0.15) is 15.9 Å². The van der Waals surface area contributed by atoms with Gasteiger partial charge in [0, 0.05) is 16.0 Å². The molecule has 3 aromatic carbocycles. The minimum Gasteiger partial charge on any atom is -0.478 e. The van der Waals surface area contributed by atoms with E-state index in [9.17, 15) is 23.1 Å². The molecule has 0 saturated heterocycles. The van der Waals surface area contributed by atoms with Gasteiger partial charge in [0.2, 0.25) is 0 Å². The Kier molecular flexibility index (Phi) is 4.55. The van der Waals surface area contributed by atoms with Crippen molar-refractivity contribution < 1.29 is 23.1 Å². The van der Waals surface area contributed by atoms with Gasteiger partial charge in [-0.1, -0.05) is 35.9 Å². The van der Waals surface area contributed by atoms with Crippen molar-refractivity contribution in [1.82, 2.24) is 10.2 Å². The number of H-pyrrole nitrogens is 1. The summed E-state index contributed by atoms with van der Waals surface area (Å²) in [7, 11) is 0. The molecule has 0 bridgehead atoms. The van der Waals surface area contributed by atoms with Crippen LogP contribution in [0.25, 0.3) is 33.2 Å². The summed E-state index contributed by atoms with van der Waals surface area (Å²) in [6.45, 7) is 0. The van der Waals surface area contributed by atoms with Gasteiger partial charge in [0.1, 0.15) is 0 Å². The molecule has 29 heavy (non-hydrogen) atoms. The van der Waals surface area contributed by atoms with Crippen molar-refractivity contribution in [3.63, 3.8) is 0 Å². The predicted octanol–water partition coefficient (Wildman–Crippen LogP) is 6.27. The van der Waals surface area contributed by atoms with Crippen LogP contribution < -0.4 is 0 Å². The second kappa shape index (κ2) is 6.93. The molecule has 8 heteroatoms. The summed E-state index contributed by atoms with van der Waals surface area (Å²) in [5.74, 6) is -1.66. The third kappa shape index (κ3) is 3.45. The van der Waals surface area contributed by atoms with Crippen molar-refractivity contribution in [2.24, 2.45) is 0 Å². The Labute approximate surface area is 167 Å². The third-order valence-corrected chi connectivity index (χ3v) is 4.82. The number of carboxylic acid groups (broad SMARTS) is 1. The lowest BCUT2D eigenvalue weighted by atomic mass is 9.87. The number of rotatable bonds is 3. The number of alkyl halides is 3. The van der Waals surface area contributed by atoms with E-state index < -0.39 is 23.3 Å². The molecule has 0 spiro atoms. The monoisotopic (exact) mass is 416 g/mol. The molecule has 0 atom stereocenters. The van der Waals surface area contributed by atoms with Crippen molar-refractivity contribution in [3.05, 3.63) is 76.9 Å². The zero-order chi connectivity index (χ0) is 20.8. The number of nitrogens with zero attached hydrogens (tertiary/aromatic N) is 1. The van der Waals surface area contributed by atoms with Gasteiger partial charge in [-0.05, 0) is 47.0 Å². The fraction of sp³-hybridized carbons (Fsp3) is 0.0476. The van der Waals surface area contributed by atoms with E-state index in [2.05, 4.69) is 10.2 Å². The summed E-state index contributed by atoms with van der Waals surface area (Å²) >= 11 is 6.05. The first-order valence-corrected chi connectivity index (χ1v) is 8.80. The molecule has 0 aliphatic rings. The zero-order valence-corrected chi connectivity index (χ0v) is 15.3. The molecule has 146 valence electrons. The highest BCUT2D eigenvalue weighted by molar-refractivity contribution is 6.30. The molecule has 1 heterocycles. The van der Waals surface area contributed by atoms with Crippen LogP contribution >= 0.6 is 11.6 Å². The first-order valence-electron chi connectivity index (χ1n) is 8.42. The van der Waals surface area contributed by atoms with Crippen LogP contribution in [0, 0.1) is 0 Å². The van der Waals surface area contributed by atoms with E-state index >= 15 is 0 Å². The molecule has 0 unspecified atom stereocenters. The van der Waals surface area contributed by atoms with E-state index in [1.54, 1.807) is 42.5 Å². The predicted molar refractivity (Wildman–Crippen MR) is 104 cm³/mol. The van der Waals surface area contributed by atoms with Crippen molar-refractivity contribution in [2.45, 2.75) is 6.18 Å². The van der Waals surface area contributed by atoms with Crippen LogP contribution in [0.4, 0.5) is 13.2 Å². The van der Waals surface area contributed by atoms with E-state index in [1.165, 1.54) is 12.3 Å². The molecule has 0 saturated carbocycles. The largest absolute Gasteiger partial charge is 0.478 e. The summed E-state index contributed by atoms with van der Waals surface area (Å²) in [6.07, 6.45) is -3.30. The highest BCUT2D eigenvalue weighted by Gasteiger charge is 2.37. The van der Waals surface area contributed by atoms with Gasteiger partial charge in [-0.25, -0.2) is 4.79 Å². The van der Waals surface area contributed by atoms with Crippen LogP contribution in [0.15, 0.2) is 60.8 Å². The van der Waals surface area contributed by atoms with Gasteiger partial charge in [-0.3, -0.25) is 5.10 Å². The molecule has 4 rings (SSSR count). The highest BCUT2D eigenvalue weighted by Crippen LogP contribution is 2.43. The molecule has 0 aliphatic heterocycles. The second-order valence-electron chi connectivity index (χ2n) is 6.40. The maximum atomic E-state index is 13.6. The van der Waals surface area contributed by atoms with Crippen LogP contribution in [-0.2, 0) is 6.18 Å². The summed E-state index contributed by atoms with van der Waals surface area (Å²) in [5.41, 5.74) is -0.190. The fourth-order valence-corrected chi connectivity index (χ4v) is 3.55. The Morgan fingerprint density at radius 2 is 1.83 bits per heavy atom. The van der Waals surface area contributed by atoms with E-state index in [-0.39, 0.29) is 5.56 Å². The second-order valence-corrected chi connectivity index (χ2v) is 6.83. The minimum absolute atomic E-state index is 0.0299. The summed E-state index contributed by atoms with van der Waals surface area (Å²) < 4.78 is 40.8. The Morgan fingerprint density at radius 3 is 2.52 bits per heavy atom. The smallest absolute Gasteiger partial charge is 0.417 e. The lowest BCUT2D eigenvalue weighted by Gasteiger charge is -2.19. The summed E-state index contributed by atoms with van der Waals surface area (Å²) in [5, 5.41) is 17.4. The van der Waals surface area contributed by atoms with E-state index in [4.69, 9.17) is 11.6 Å². The number of aromatic amines is 1. The Balaban J connectivity index is 2.11. The Morgan fingerprint density at radius 1 is 1.03 bits per heavy atom. The van der Waals surface area contributed by atoms with Crippen molar-refractivity contribution in [1.29, 1.82) is 0 Å². The number of hydrogen-bond donors (Lipinski definition) is 2. The van der Waals surface area contributed by atoms with Crippen LogP contribution in [0.2, 0.25) is 5.02 Å². The van der Waals surface area contributed by atoms with Crippen molar-refractivity contribution in [2.75, 3.05) is 0 Å². The standard InChI is InChI=1S/C21H12ClF3N2O2/c22-14-3-1-2-11(9-14)15-5-6-16(21(23,24)25)19(20(28)29)18(15)12-4-7-17-13(8-12)10-26-27-17/h1-10H,(H,26,27)(H,28,29). The maximum Gasteiger partial charge on any atom is 0.417 e. The van der Waals surface area contributed by atoms with Crippen LogP contribution in [-0.4, -0.2) is 21.3 Å². The first kappa shape index (κ1) is 19.0. The molecular formula is C21H12ClF3N2O2. The molecule has 0 amide bonds. The maximum absolute atomic E-state index is 13.6. The number of halogens is 4. The number of aromatic nitrogens is 2. The molecule has 1 aromatic heterocycles. The van der Waals surface area contributed by atoms with Crippen molar-refractivity contribution >= 4 is 28.5 Å². The first-order chi connectivity index (χ1) is 13.8. The highest BCUT2D eigenvalue weighted by atomic mass is 35.5. The van der Waals surface area contributed by atoms with E-state index in [0.29, 0.717) is 32.6 Å². The molecule has 0 aliphatic carbocycles. The lowest BCUT2D eigenvalue weighted by molar-refractivity contribution is -0.138. The average molecular weight is 417 g/mol. The van der Waals surface area contributed by atoms with Gasteiger partial charge in [0.15, 0.2) is 0 Å². The van der Waals surface area contributed by atoms with Gasteiger partial charge >= 0.3 is 12.1 Å². The minimum atomic E-state index is -4.82. The Hall–Kier alpha value is -3.32. The lowest BCUT2D eigenvalue weighted by Crippen LogP contribution is -2.15. The zero-order valence-electron chi connectivity index (χ0n) is 14.6. The normalized spacial score (nSPS) is 11.7. The number of nitrogens with one attached hydrogen (secondary N) is 1. The number of fused-ring (bicyclic) bond motifs is 1. The Bertz CT molecular complexity index is 1250.